The molecule has 0 saturated carbocycles. The van der Waals surface area contributed by atoms with Gasteiger partial charge in [0.25, 0.3) is 0 Å². The summed E-state index contributed by atoms with van der Waals surface area (Å²) in [4.78, 5) is 6.81. The number of nitrogens with zero attached hydrogens (tertiary/aromatic N) is 4. The minimum atomic E-state index is 0.238. The van der Waals surface area contributed by atoms with Gasteiger partial charge >= 0.3 is 0 Å². The van der Waals surface area contributed by atoms with Crippen LogP contribution in [0.3, 0.4) is 0 Å². The number of nitrogens with one attached hydrogen (secondary N) is 1. The van der Waals surface area contributed by atoms with Crippen LogP contribution >= 0.6 is 11.6 Å². The van der Waals surface area contributed by atoms with E-state index in [0.717, 1.165) is 31.1 Å². The van der Waals surface area contributed by atoms with Crippen molar-refractivity contribution in [2.45, 2.75) is 6.04 Å². The van der Waals surface area contributed by atoms with Crippen LogP contribution in [-0.2, 0) is 0 Å². The number of pyridine rings is 1. The lowest BCUT2D eigenvalue weighted by Gasteiger charge is -2.30. The smallest absolute Gasteiger partial charge is 0.170 e. The number of aromatic nitrogens is 3. The zero-order valence-electron chi connectivity index (χ0n) is 9.60. The van der Waals surface area contributed by atoms with Crippen LogP contribution in [-0.4, -0.2) is 46.2 Å². The number of hydrogen-bond acceptors (Lipinski definition) is 4. The molecular formula is C11H14ClN5. The second-order valence-corrected chi connectivity index (χ2v) is 4.76. The Morgan fingerprint density at radius 2 is 2.35 bits per heavy atom. The van der Waals surface area contributed by atoms with E-state index in [9.17, 15) is 0 Å². The molecule has 2 aromatic rings. The lowest BCUT2D eigenvalue weighted by molar-refractivity contribution is 0.194. The summed E-state index contributed by atoms with van der Waals surface area (Å²) < 4.78 is 1.74. The molecule has 1 atom stereocenters. The zero-order valence-corrected chi connectivity index (χ0v) is 10.4. The van der Waals surface area contributed by atoms with Gasteiger partial charge in [-0.2, -0.15) is 0 Å². The first-order valence-electron chi connectivity index (χ1n) is 5.67. The van der Waals surface area contributed by atoms with Crippen molar-refractivity contribution in [3.05, 3.63) is 29.2 Å². The molecule has 1 N–H and O–H groups in total. The molecule has 0 radical (unpaired) electrons. The summed E-state index contributed by atoms with van der Waals surface area (Å²) in [6.07, 6.45) is 1.78. The Morgan fingerprint density at radius 1 is 1.47 bits per heavy atom. The maximum Gasteiger partial charge on any atom is 0.170 e. The van der Waals surface area contributed by atoms with Gasteiger partial charge in [-0.15, -0.1) is 5.10 Å². The van der Waals surface area contributed by atoms with Gasteiger partial charge in [-0.3, -0.25) is 4.90 Å². The van der Waals surface area contributed by atoms with Crippen molar-refractivity contribution in [1.29, 1.82) is 0 Å². The van der Waals surface area contributed by atoms with E-state index in [1.807, 2.05) is 12.1 Å². The molecule has 0 amide bonds. The monoisotopic (exact) mass is 251 g/mol. The molecule has 3 heterocycles. The summed E-state index contributed by atoms with van der Waals surface area (Å²) in [6.45, 7) is 2.92. The van der Waals surface area contributed by atoms with Crippen molar-refractivity contribution in [1.82, 2.24) is 24.8 Å². The molecule has 1 aliphatic rings. The average Bonchev–Trinajstić information content (AvgIpc) is 2.72. The third-order valence-corrected chi connectivity index (χ3v) is 3.34. The molecule has 2 aromatic heterocycles. The highest BCUT2D eigenvalue weighted by molar-refractivity contribution is 6.30. The van der Waals surface area contributed by atoms with Gasteiger partial charge in [0.2, 0.25) is 0 Å². The Balaban J connectivity index is 1.99. The topological polar surface area (TPSA) is 45.5 Å². The highest BCUT2D eigenvalue weighted by atomic mass is 35.5. The molecule has 0 aliphatic carbocycles. The number of hydrogen-bond donors (Lipinski definition) is 1. The van der Waals surface area contributed by atoms with Gasteiger partial charge in [0.1, 0.15) is 0 Å². The standard InChI is InChI=1S/C11H14ClN5/c1-16-5-4-13-6-9(16)11-14-10-3-2-8(12)7-17(10)15-11/h2-3,7,9,13H,4-6H2,1H3. The lowest BCUT2D eigenvalue weighted by Crippen LogP contribution is -2.44. The van der Waals surface area contributed by atoms with Gasteiger partial charge in [0.05, 0.1) is 11.1 Å². The Morgan fingerprint density at radius 3 is 3.18 bits per heavy atom. The first kappa shape index (κ1) is 11.0. The second kappa shape index (κ2) is 4.25. The van der Waals surface area contributed by atoms with E-state index < -0.39 is 0 Å². The normalized spacial score (nSPS) is 22.1. The van der Waals surface area contributed by atoms with Crippen LogP contribution in [0.5, 0.6) is 0 Å². The molecule has 5 nitrogen and oxygen atoms in total. The first-order valence-corrected chi connectivity index (χ1v) is 6.04. The molecule has 0 spiro atoms. The van der Waals surface area contributed by atoms with Gasteiger partial charge in [-0.1, -0.05) is 11.6 Å². The van der Waals surface area contributed by atoms with Crippen LogP contribution in [0.4, 0.5) is 0 Å². The van der Waals surface area contributed by atoms with E-state index in [4.69, 9.17) is 11.6 Å². The average molecular weight is 252 g/mol. The van der Waals surface area contributed by atoms with Crippen molar-refractivity contribution >= 4 is 17.2 Å². The maximum absolute atomic E-state index is 5.93. The molecular weight excluding hydrogens is 238 g/mol. The van der Waals surface area contributed by atoms with Gasteiger partial charge in [0.15, 0.2) is 11.5 Å². The van der Waals surface area contributed by atoms with E-state index in [1.165, 1.54) is 0 Å². The molecule has 1 aliphatic heterocycles. The molecule has 1 fully saturated rings. The molecule has 6 heteroatoms. The summed E-state index contributed by atoms with van der Waals surface area (Å²) in [5, 5.41) is 8.52. The molecule has 0 bridgehead atoms. The summed E-state index contributed by atoms with van der Waals surface area (Å²) in [6, 6.07) is 3.95. The Bertz CT molecular complexity index is 538. The van der Waals surface area contributed by atoms with Gasteiger partial charge in [-0.25, -0.2) is 9.50 Å². The van der Waals surface area contributed by atoms with Crippen LogP contribution in [0.25, 0.3) is 5.65 Å². The fraction of sp³-hybridized carbons (Fsp3) is 0.455. The molecule has 0 aromatic carbocycles. The SMILES string of the molecule is CN1CCNCC1c1nc2ccc(Cl)cn2n1. The summed E-state index contributed by atoms with van der Waals surface area (Å²) in [5.41, 5.74) is 0.836. The third-order valence-electron chi connectivity index (χ3n) is 3.12. The minimum absolute atomic E-state index is 0.238. The Labute approximate surface area is 104 Å². The van der Waals surface area contributed by atoms with Crippen molar-refractivity contribution in [2.75, 3.05) is 26.7 Å². The van der Waals surface area contributed by atoms with E-state index in [0.29, 0.717) is 5.02 Å². The molecule has 1 unspecified atom stereocenters. The Hall–Kier alpha value is -1.17. The molecule has 17 heavy (non-hydrogen) atoms. The van der Waals surface area contributed by atoms with Crippen LogP contribution < -0.4 is 5.32 Å². The van der Waals surface area contributed by atoms with E-state index in [2.05, 4.69) is 27.3 Å². The molecule has 3 rings (SSSR count). The van der Waals surface area contributed by atoms with Gasteiger partial charge in [0, 0.05) is 25.8 Å². The fourth-order valence-corrected chi connectivity index (χ4v) is 2.27. The van der Waals surface area contributed by atoms with E-state index in [1.54, 1.807) is 10.7 Å². The van der Waals surface area contributed by atoms with Crippen molar-refractivity contribution in [3.8, 4) is 0 Å². The third kappa shape index (κ3) is 2.01. The zero-order chi connectivity index (χ0) is 11.8. The largest absolute Gasteiger partial charge is 0.313 e. The minimum Gasteiger partial charge on any atom is -0.313 e. The van der Waals surface area contributed by atoms with Crippen LogP contribution in [0.2, 0.25) is 5.02 Å². The number of piperazine rings is 1. The van der Waals surface area contributed by atoms with Crippen molar-refractivity contribution in [3.63, 3.8) is 0 Å². The molecule has 90 valence electrons. The van der Waals surface area contributed by atoms with E-state index in [-0.39, 0.29) is 6.04 Å². The number of likely N-dealkylation sites (N-methyl/N-ethyl adjacent to an activating group) is 1. The van der Waals surface area contributed by atoms with Crippen LogP contribution in [0.1, 0.15) is 11.9 Å². The number of halogens is 1. The second-order valence-electron chi connectivity index (χ2n) is 4.32. The predicted octanol–water partition coefficient (Wildman–Crippen LogP) is 0.959. The first-order chi connectivity index (χ1) is 8.24. The van der Waals surface area contributed by atoms with Crippen LogP contribution in [0.15, 0.2) is 18.3 Å². The van der Waals surface area contributed by atoms with Crippen molar-refractivity contribution < 1.29 is 0 Å². The predicted molar refractivity (Wildman–Crippen MR) is 66.2 cm³/mol. The lowest BCUT2D eigenvalue weighted by atomic mass is 10.2. The fourth-order valence-electron chi connectivity index (χ4n) is 2.11. The summed E-state index contributed by atoms with van der Waals surface area (Å²) in [5.74, 6) is 0.849. The maximum atomic E-state index is 5.93. The van der Waals surface area contributed by atoms with Crippen molar-refractivity contribution in [2.24, 2.45) is 0 Å². The quantitative estimate of drug-likeness (QED) is 0.820. The number of rotatable bonds is 1. The Kier molecular flexibility index (Phi) is 2.74. The van der Waals surface area contributed by atoms with Gasteiger partial charge in [-0.05, 0) is 19.2 Å². The summed E-state index contributed by atoms with van der Waals surface area (Å²) in [7, 11) is 2.10. The number of fused-ring (bicyclic) bond motifs is 1. The highest BCUT2D eigenvalue weighted by Gasteiger charge is 2.24. The summed E-state index contributed by atoms with van der Waals surface area (Å²) >= 11 is 5.93. The van der Waals surface area contributed by atoms with Gasteiger partial charge < -0.3 is 5.32 Å². The van der Waals surface area contributed by atoms with E-state index >= 15 is 0 Å². The molecule has 1 saturated heterocycles. The highest BCUT2D eigenvalue weighted by Crippen LogP contribution is 2.18. The van der Waals surface area contributed by atoms with Crippen LogP contribution in [0, 0.1) is 0 Å².